The number of amides is 1. The average Bonchev–Trinajstić information content (AvgIpc) is 2.41. The second-order valence-electron chi connectivity index (χ2n) is 4.18. The lowest BCUT2D eigenvalue weighted by molar-refractivity contribution is -0.121. The molecule has 0 aliphatic heterocycles. The molecule has 0 saturated carbocycles. The number of hydrogen-bond acceptors (Lipinski definition) is 4. The Morgan fingerprint density at radius 3 is 2.57 bits per heavy atom. The molecule has 0 heterocycles. The highest BCUT2D eigenvalue weighted by Crippen LogP contribution is 2.17. The van der Waals surface area contributed by atoms with Crippen molar-refractivity contribution in [1.82, 2.24) is 9.62 Å². The van der Waals surface area contributed by atoms with Gasteiger partial charge in [-0.05, 0) is 18.2 Å². The number of carbonyl (C=O) groups excluding carboxylic acids is 1. The zero-order valence-electron chi connectivity index (χ0n) is 11.6. The largest absolute Gasteiger partial charge is 0.383 e. The first-order valence-corrected chi connectivity index (χ1v) is 7.40. The van der Waals surface area contributed by atoms with Crippen LogP contribution in [0.1, 0.15) is 0 Å². The number of nitrogens with zero attached hydrogens (tertiary/aromatic N) is 1. The number of sulfonamides is 1. The Hall–Kier alpha value is -1.58. The van der Waals surface area contributed by atoms with E-state index in [1.165, 1.54) is 14.2 Å². The highest BCUT2D eigenvalue weighted by molar-refractivity contribution is 7.89. The van der Waals surface area contributed by atoms with Crippen molar-refractivity contribution in [1.29, 1.82) is 0 Å². The molecule has 6 nitrogen and oxygen atoms in total. The van der Waals surface area contributed by atoms with Crippen LogP contribution >= 0.6 is 0 Å². The fraction of sp³-hybridized carbons (Fsp3) is 0.417. The average molecular weight is 322 g/mol. The number of ether oxygens (including phenoxy) is 1. The summed E-state index contributed by atoms with van der Waals surface area (Å²) in [6, 6.07) is 2.23. The Balaban J connectivity index is 2.77. The first-order valence-electron chi connectivity index (χ1n) is 5.96. The van der Waals surface area contributed by atoms with Gasteiger partial charge in [0.05, 0.1) is 18.0 Å². The number of carbonyl (C=O) groups is 1. The van der Waals surface area contributed by atoms with E-state index >= 15 is 0 Å². The van der Waals surface area contributed by atoms with Crippen LogP contribution in [0.25, 0.3) is 0 Å². The summed E-state index contributed by atoms with van der Waals surface area (Å²) in [4.78, 5) is 11.1. The monoisotopic (exact) mass is 322 g/mol. The number of hydrogen-bond donors (Lipinski definition) is 1. The Morgan fingerprint density at radius 2 is 2.00 bits per heavy atom. The molecule has 0 radical (unpaired) electrons. The van der Waals surface area contributed by atoms with Gasteiger partial charge in [-0.2, -0.15) is 4.31 Å². The molecule has 0 unspecified atom stereocenters. The van der Waals surface area contributed by atoms with E-state index in [2.05, 4.69) is 5.32 Å². The van der Waals surface area contributed by atoms with Gasteiger partial charge in [0, 0.05) is 20.7 Å². The third kappa shape index (κ3) is 4.73. The zero-order chi connectivity index (χ0) is 16.0. The number of benzene rings is 1. The third-order valence-electron chi connectivity index (χ3n) is 2.59. The summed E-state index contributed by atoms with van der Waals surface area (Å²) in [5, 5.41) is 2.45. The van der Waals surface area contributed by atoms with Crippen LogP contribution in [0.3, 0.4) is 0 Å². The number of rotatable bonds is 7. The van der Waals surface area contributed by atoms with E-state index in [9.17, 15) is 22.0 Å². The van der Waals surface area contributed by atoms with E-state index < -0.39 is 39.0 Å². The van der Waals surface area contributed by atoms with Gasteiger partial charge in [0.2, 0.25) is 15.9 Å². The van der Waals surface area contributed by atoms with E-state index in [4.69, 9.17) is 4.74 Å². The summed E-state index contributed by atoms with van der Waals surface area (Å²) in [5.41, 5.74) is 0. The van der Waals surface area contributed by atoms with Crippen LogP contribution in [-0.4, -0.2) is 52.5 Å². The predicted molar refractivity (Wildman–Crippen MR) is 71.1 cm³/mol. The van der Waals surface area contributed by atoms with Gasteiger partial charge in [-0.3, -0.25) is 4.79 Å². The maximum absolute atomic E-state index is 13.1. The fourth-order valence-corrected chi connectivity index (χ4v) is 2.59. The molecule has 0 aliphatic rings. The fourth-order valence-electron chi connectivity index (χ4n) is 1.45. The minimum absolute atomic E-state index is 0.244. The molecule has 0 spiro atoms. The molecule has 1 rings (SSSR count). The predicted octanol–water partition coefficient (Wildman–Crippen LogP) is 0.348. The van der Waals surface area contributed by atoms with Crippen LogP contribution < -0.4 is 5.32 Å². The van der Waals surface area contributed by atoms with Gasteiger partial charge in [0.25, 0.3) is 0 Å². The van der Waals surface area contributed by atoms with Gasteiger partial charge >= 0.3 is 0 Å². The molecule has 1 amide bonds. The highest BCUT2D eigenvalue weighted by atomic mass is 32.2. The molecule has 0 aromatic heterocycles. The van der Waals surface area contributed by atoms with Gasteiger partial charge in [-0.25, -0.2) is 17.2 Å². The van der Waals surface area contributed by atoms with E-state index in [0.717, 1.165) is 10.4 Å². The maximum Gasteiger partial charge on any atom is 0.243 e. The molecule has 0 bridgehead atoms. The van der Waals surface area contributed by atoms with Crippen LogP contribution in [-0.2, 0) is 19.6 Å². The van der Waals surface area contributed by atoms with E-state index in [1.807, 2.05) is 0 Å². The first-order chi connectivity index (χ1) is 9.78. The van der Waals surface area contributed by atoms with Crippen molar-refractivity contribution in [3.05, 3.63) is 29.8 Å². The van der Waals surface area contributed by atoms with E-state index in [-0.39, 0.29) is 6.54 Å². The number of halogens is 2. The number of likely N-dealkylation sites (N-methyl/N-ethyl adjacent to an activating group) is 1. The maximum atomic E-state index is 13.1. The SMILES string of the molecule is COCCNC(=O)CN(C)S(=O)(=O)c1ccc(F)c(F)c1. The molecular weight excluding hydrogens is 306 g/mol. The highest BCUT2D eigenvalue weighted by Gasteiger charge is 2.24. The molecule has 9 heteroatoms. The molecule has 1 aromatic carbocycles. The zero-order valence-corrected chi connectivity index (χ0v) is 12.4. The lowest BCUT2D eigenvalue weighted by atomic mass is 10.3. The Kier molecular flexibility index (Phi) is 6.19. The second-order valence-corrected chi connectivity index (χ2v) is 6.22. The van der Waals surface area contributed by atoms with Crippen molar-refractivity contribution in [2.75, 3.05) is 33.9 Å². The molecule has 21 heavy (non-hydrogen) atoms. The van der Waals surface area contributed by atoms with Gasteiger partial charge < -0.3 is 10.1 Å². The summed E-state index contributed by atoms with van der Waals surface area (Å²) >= 11 is 0. The van der Waals surface area contributed by atoms with Crippen molar-refractivity contribution >= 4 is 15.9 Å². The van der Waals surface area contributed by atoms with E-state index in [0.29, 0.717) is 18.7 Å². The Morgan fingerprint density at radius 1 is 1.33 bits per heavy atom. The van der Waals surface area contributed by atoms with Crippen molar-refractivity contribution in [2.24, 2.45) is 0 Å². The molecule has 0 atom stereocenters. The second kappa shape index (κ2) is 7.43. The normalized spacial score (nSPS) is 11.7. The van der Waals surface area contributed by atoms with Crippen molar-refractivity contribution in [2.45, 2.75) is 4.90 Å². The van der Waals surface area contributed by atoms with Gasteiger partial charge in [0.1, 0.15) is 0 Å². The van der Waals surface area contributed by atoms with Crippen molar-refractivity contribution in [3.63, 3.8) is 0 Å². The van der Waals surface area contributed by atoms with Crippen LogP contribution in [0.15, 0.2) is 23.1 Å². The smallest absolute Gasteiger partial charge is 0.243 e. The first kappa shape index (κ1) is 17.5. The quantitative estimate of drug-likeness (QED) is 0.735. The summed E-state index contributed by atoms with van der Waals surface area (Å²) < 4.78 is 55.6. The topological polar surface area (TPSA) is 75.7 Å². The lowest BCUT2D eigenvalue weighted by Gasteiger charge is -2.17. The Labute approximate surface area is 121 Å². The van der Waals surface area contributed by atoms with Crippen molar-refractivity contribution in [3.8, 4) is 0 Å². The minimum atomic E-state index is -4.07. The van der Waals surface area contributed by atoms with E-state index in [1.54, 1.807) is 0 Å². The van der Waals surface area contributed by atoms with Gasteiger partial charge in [0.15, 0.2) is 11.6 Å². The lowest BCUT2D eigenvalue weighted by Crippen LogP contribution is -2.39. The van der Waals surface area contributed by atoms with Gasteiger partial charge in [-0.15, -0.1) is 0 Å². The molecule has 1 N–H and O–H groups in total. The van der Waals surface area contributed by atoms with Crippen LogP contribution in [0.2, 0.25) is 0 Å². The number of nitrogens with one attached hydrogen (secondary N) is 1. The van der Waals surface area contributed by atoms with Crippen LogP contribution in [0.5, 0.6) is 0 Å². The summed E-state index contributed by atoms with van der Waals surface area (Å²) in [6.07, 6.45) is 0. The molecule has 0 aliphatic carbocycles. The Bertz CT molecular complexity index is 607. The summed E-state index contributed by atoms with van der Waals surface area (Å²) in [5.74, 6) is -2.94. The third-order valence-corrected chi connectivity index (χ3v) is 4.39. The molecular formula is C12H16F2N2O4S. The summed E-state index contributed by atoms with van der Waals surface area (Å²) in [7, 11) is -1.43. The van der Waals surface area contributed by atoms with Crippen LogP contribution in [0.4, 0.5) is 8.78 Å². The number of methoxy groups -OCH3 is 1. The molecule has 1 aromatic rings. The standard InChI is InChI=1S/C12H16F2N2O4S/c1-16(8-12(17)15-5-6-20-2)21(18,19)9-3-4-10(13)11(14)7-9/h3-4,7H,5-6,8H2,1-2H3,(H,15,17). The molecule has 0 fully saturated rings. The molecule has 0 saturated heterocycles. The molecule has 118 valence electrons. The van der Waals surface area contributed by atoms with Crippen molar-refractivity contribution < 1.29 is 26.7 Å². The van der Waals surface area contributed by atoms with Gasteiger partial charge in [-0.1, -0.05) is 0 Å². The summed E-state index contributed by atoms with van der Waals surface area (Å²) in [6.45, 7) is 0.102. The minimum Gasteiger partial charge on any atom is -0.383 e. The van der Waals surface area contributed by atoms with Crippen LogP contribution in [0, 0.1) is 11.6 Å².